The number of carbonyl (C=O) groups excluding carboxylic acids is 2. The number of aliphatic hydroxyl groups excluding tert-OH is 1. The Bertz CT molecular complexity index is 1270. The van der Waals surface area contributed by atoms with Gasteiger partial charge in [-0.15, -0.1) is 0 Å². The predicted octanol–water partition coefficient (Wildman–Crippen LogP) is 4.93. The number of carbonyl (C=O) groups is 2. The number of ketones is 1. The largest absolute Gasteiger partial charge is 0.507 e. The van der Waals surface area contributed by atoms with Crippen molar-refractivity contribution in [2.75, 3.05) is 12.0 Å². The van der Waals surface area contributed by atoms with E-state index in [0.29, 0.717) is 10.2 Å². The van der Waals surface area contributed by atoms with Crippen LogP contribution in [0, 0.1) is 5.82 Å². The molecule has 0 aliphatic carbocycles. The molecule has 1 saturated heterocycles. The van der Waals surface area contributed by atoms with Gasteiger partial charge in [0, 0.05) is 11.1 Å². The first-order valence-corrected chi connectivity index (χ1v) is 10.3. The van der Waals surface area contributed by atoms with Gasteiger partial charge in [-0.25, -0.2) is 4.39 Å². The molecular formula is C24H17BrFNO5. The average Bonchev–Trinajstić information content (AvgIpc) is 3.04. The summed E-state index contributed by atoms with van der Waals surface area (Å²) in [4.78, 5) is 27.1. The molecular weight excluding hydrogens is 481 g/mol. The number of rotatable bonds is 4. The van der Waals surface area contributed by atoms with Gasteiger partial charge in [-0.1, -0.05) is 30.3 Å². The van der Waals surface area contributed by atoms with E-state index in [1.165, 1.54) is 49.6 Å². The molecule has 0 aromatic heterocycles. The quantitative estimate of drug-likeness (QED) is 0.303. The Kier molecular flexibility index (Phi) is 5.71. The topological polar surface area (TPSA) is 87.1 Å². The Morgan fingerprint density at radius 3 is 2.41 bits per heavy atom. The minimum Gasteiger partial charge on any atom is -0.507 e. The smallest absolute Gasteiger partial charge is 0.300 e. The fourth-order valence-corrected chi connectivity index (χ4v) is 4.25. The normalized spacial score (nSPS) is 17.6. The molecule has 1 aliphatic rings. The van der Waals surface area contributed by atoms with Crippen LogP contribution in [-0.2, 0) is 9.59 Å². The minimum atomic E-state index is -1.29. The first-order valence-electron chi connectivity index (χ1n) is 9.52. The summed E-state index contributed by atoms with van der Waals surface area (Å²) in [7, 11) is 1.48. The molecule has 1 heterocycles. The molecule has 2 N–H and O–H groups in total. The number of methoxy groups -OCH3 is 1. The number of aromatic hydroxyl groups is 1. The van der Waals surface area contributed by atoms with Crippen LogP contribution in [0.5, 0.6) is 11.5 Å². The van der Waals surface area contributed by atoms with Crippen LogP contribution in [0.25, 0.3) is 5.76 Å². The second kappa shape index (κ2) is 8.47. The predicted molar refractivity (Wildman–Crippen MR) is 120 cm³/mol. The van der Waals surface area contributed by atoms with Crippen LogP contribution >= 0.6 is 15.9 Å². The lowest BCUT2D eigenvalue weighted by Gasteiger charge is -2.26. The molecule has 3 aromatic rings. The first-order chi connectivity index (χ1) is 15.3. The Morgan fingerprint density at radius 1 is 1.06 bits per heavy atom. The van der Waals surface area contributed by atoms with E-state index in [2.05, 4.69) is 15.9 Å². The molecule has 0 saturated carbocycles. The van der Waals surface area contributed by atoms with Gasteiger partial charge < -0.3 is 14.9 Å². The summed E-state index contributed by atoms with van der Waals surface area (Å²) in [6.07, 6.45) is 0. The van der Waals surface area contributed by atoms with Crippen molar-refractivity contribution in [3.63, 3.8) is 0 Å². The van der Waals surface area contributed by atoms with Crippen LogP contribution in [-0.4, -0.2) is 29.0 Å². The number of Topliss-reactive ketones (excluding diaryl/α,β-unsaturated/α-hetero) is 1. The zero-order valence-electron chi connectivity index (χ0n) is 16.8. The first kappa shape index (κ1) is 21.6. The van der Waals surface area contributed by atoms with Crippen molar-refractivity contribution in [2.24, 2.45) is 0 Å². The second-order valence-corrected chi connectivity index (χ2v) is 7.88. The monoisotopic (exact) mass is 497 g/mol. The van der Waals surface area contributed by atoms with Gasteiger partial charge >= 0.3 is 0 Å². The van der Waals surface area contributed by atoms with Crippen LogP contribution in [0.4, 0.5) is 10.1 Å². The van der Waals surface area contributed by atoms with Crippen molar-refractivity contribution in [2.45, 2.75) is 6.04 Å². The van der Waals surface area contributed by atoms with Gasteiger partial charge in [0.1, 0.15) is 23.1 Å². The zero-order valence-corrected chi connectivity index (χ0v) is 18.3. The third-order valence-corrected chi connectivity index (χ3v) is 5.83. The number of anilines is 1. The Balaban J connectivity index is 1.98. The van der Waals surface area contributed by atoms with Gasteiger partial charge in [-0.3, -0.25) is 14.5 Å². The van der Waals surface area contributed by atoms with Crippen molar-refractivity contribution in [1.29, 1.82) is 0 Å². The highest BCUT2D eigenvalue weighted by atomic mass is 79.9. The molecule has 1 amide bonds. The number of para-hydroxylation sites is 2. The molecule has 1 aliphatic heterocycles. The zero-order chi connectivity index (χ0) is 23.0. The maximum atomic E-state index is 14.8. The Hall–Kier alpha value is -3.65. The van der Waals surface area contributed by atoms with Gasteiger partial charge in [-0.05, 0) is 52.3 Å². The molecule has 1 fully saturated rings. The van der Waals surface area contributed by atoms with Crippen molar-refractivity contribution >= 4 is 39.1 Å². The van der Waals surface area contributed by atoms with E-state index in [-0.39, 0.29) is 28.1 Å². The van der Waals surface area contributed by atoms with E-state index in [0.717, 1.165) is 4.90 Å². The van der Waals surface area contributed by atoms with Gasteiger partial charge in [0.25, 0.3) is 11.7 Å². The lowest BCUT2D eigenvalue weighted by atomic mass is 9.94. The van der Waals surface area contributed by atoms with Crippen molar-refractivity contribution in [3.05, 3.63) is 93.7 Å². The third kappa shape index (κ3) is 3.52. The number of phenolic OH excluding ortho intramolecular Hbond substituents is 1. The summed E-state index contributed by atoms with van der Waals surface area (Å²) in [5.41, 5.74) is -0.0309. The highest BCUT2D eigenvalue weighted by molar-refractivity contribution is 9.10. The molecule has 1 atom stereocenters. The maximum Gasteiger partial charge on any atom is 0.300 e. The van der Waals surface area contributed by atoms with E-state index in [1.54, 1.807) is 24.3 Å². The molecule has 0 radical (unpaired) electrons. The third-order valence-electron chi connectivity index (χ3n) is 5.21. The molecule has 6 nitrogen and oxygen atoms in total. The highest BCUT2D eigenvalue weighted by Crippen LogP contribution is 2.45. The number of amides is 1. The van der Waals surface area contributed by atoms with Crippen molar-refractivity contribution in [1.82, 2.24) is 0 Å². The van der Waals surface area contributed by atoms with E-state index in [4.69, 9.17) is 4.74 Å². The number of hydrogen-bond acceptors (Lipinski definition) is 5. The summed E-state index contributed by atoms with van der Waals surface area (Å²) in [6, 6.07) is 14.9. The van der Waals surface area contributed by atoms with E-state index >= 15 is 0 Å². The summed E-state index contributed by atoms with van der Waals surface area (Å²) >= 11 is 3.33. The van der Waals surface area contributed by atoms with Crippen LogP contribution in [0.15, 0.2) is 76.8 Å². The van der Waals surface area contributed by atoms with Gasteiger partial charge in [-0.2, -0.15) is 0 Å². The average molecular weight is 498 g/mol. The van der Waals surface area contributed by atoms with E-state index < -0.39 is 29.3 Å². The van der Waals surface area contributed by atoms with Crippen LogP contribution in [0.1, 0.15) is 17.2 Å². The van der Waals surface area contributed by atoms with E-state index in [9.17, 15) is 24.2 Å². The number of benzene rings is 3. The lowest BCUT2D eigenvalue weighted by molar-refractivity contribution is -0.132. The molecule has 32 heavy (non-hydrogen) atoms. The van der Waals surface area contributed by atoms with Crippen LogP contribution in [0.3, 0.4) is 0 Å². The Labute approximate surface area is 191 Å². The standard InChI is InChI=1S/C24H17BrFNO5/c1-32-19-11-10-13(12-15(19)25)22(29)20-21(14-6-2-3-7-16(14)26)27(24(31)23(20)30)17-8-4-5-9-18(17)28/h2-12,21,28-29H,1H3/b22-20+. The lowest BCUT2D eigenvalue weighted by Crippen LogP contribution is -2.29. The van der Waals surface area contributed by atoms with Crippen molar-refractivity contribution < 1.29 is 28.9 Å². The summed E-state index contributed by atoms with van der Waals surface area (Å²) in [6.45, 7) is 0. The minimum absolute atomic E-state index is 0.00378. The molecule has 3 aromatic carbocycles. The number of hydrogen-bond donors (Lipinski definition) is 2. The molecule has 0 bridgehead atoms. The SMILES string of the molecule is COc1ccc(/C(O)=C2\C(=O)C(=O)N(c3ccccc3O)C2c2ccccc2F)cc1Br. The fourth-order valence-electron chi connectivity index (χ4n) is 3.71. The van der Waals surface area contributed by atoms with Crippen molar-refractivity contribution in [3.8, 4) is 11.5 Å². The van der Waals surface area contributed by atoms with E-state index in [1.807, 2.05) is 0 Å². The second-order valence-electron chi connectivity index (χ2n) is 7.03. The molecule has 1 unspecified atom stereocenters. The number of ether oxygens (including phenoxy) is 1. The fraction of sp³-hybridized carbons (Fsp3) is 0.0833. The number of aliphatic hydroxyl groups is 1. The van der Waals surface area contributed by atoms with Crippen LogP contribution < -0.4 is 9.64 Å². The van der Waals surface area contributed by atoms with Gasteiger partial charge in [0.15, 0.2) is 0 Å². The molecule has 8 heteroatoms. The Morgan fingerprint density at radius 2 is 1.75 bits per heavy atom. The molecule has 4 rings (SSSR count). The number of halogens is 2. The highest BCUT2D eigenvalue weighted by Gasteiger charge is 2.48. The van der Waals surface area contributed by atoms with Gasteiger partial charge in [0.2, 0.25) is 0 Å². The molecule has 0 spiro atoms. The summed E-state index contributed by atoms with van der Waals surface area (Å²) < 4.78 is 20.5. The van der Waals surface area contributed by atoms with Gasteiger partial charge in [0.05, 0.1) is 28.9 Å². The molecule has 162 valence electrons. The summed E-state index contributed by atoms with van der Waals surface area (Å²) in [5.74, 6) is -2.89. The number of nitrogens with zero attached hydrogens (tertiary/aromatic N) is 1. The maximum absolute atomic E-state index is 14.8. The summed E-state index contributed by atoms with van der Waals surface area (Å²) in [5, 5.41) is 21.4. The van der Waals surface area contributed by atoms with Crippen LogP contribution in [0.2, 0.25) is 0 Å². The number of phenols is 1.